The third-order valence-corrected chi connectivity index (χ3v) is 5.04. The highest BCUT2D eigenvalue weighted by atomic mass is 19.1. The average molecular weight is 414 g/mol. The van der Waals surface area contributed by atoms with Crippen molar-refractivity contribution >= 4 is 23.0 Å². The quantitative estimate of drug-likeness (QED) is 0.396. The minimum absolute atomic E-state index is 0.219. The van der Waals surface area contributed by atoms with E-state index in [-0.39, 0.29) is 12.2 Å². The van der Waals surface area contributed by atoms with Gasteiger partial charge >= 0.3 is 0 Å². The van der Waals surface area contributed by atoms with Gasteiger partial charge in [0.25, 0.3) is 0 Å². The molecule has 0 aliphatic carbocycles. The number of H-pyrrole nitrogens is 1. The Kier molecular flexibility index (Phi) is 11.3. The van der Waals surface area contributed by atoms with E-state index in [0.29, 0.717) is 0 Å². The van der Waals surface area contributed by atoms with Gasteiger partial charge in [-0.1, -0.05) is 52.2 Å². The highest BCUT2D eigenvalue weighted by Gasteiger charge is 2.08. The molecule has 0 fully saturated rings. The summed E-state index contributed by atoms with van der Waals surface area (Å²) in [6, 6.07) is 11.2. The van der Waals surface area contributed by atoms with Crippen LogP contribution in [0.3, 0.4) is 0 Å². The first-order chi connectivity index (χ1) is 14.4. The number of carbonyl (C=O) groups excluding carboxylic acids is 1. The van der Waals surface area contributed by atoms with Crippen molar-refractivity contribution in [1.82, 2.24) is 4.98 Å². The number of nitrogens with two attached hydrogens (primary N) is 1. The molecule has 2 aromatic carbocycles. The van der Waals surface area contributed by atoms with Crippen molar-refractivity contribution in [1.29, 1.82) is 0 Å². The van der Waals surface area contributed by atoms with Gasteiger partial charge in [0, 0.05) is 34.9 Å². The average Bonchev–Trinajstić information content (AvgIpc) is 3.14. The highest BCUT2D eigenvalue weighted by molar-refractivity contribution is 5.96. The summed E-state index contributed by atoms with van der Waals surface area (Å²) in [6.45, 7) is 11.9. The molecule has 0 spiro atoms. The van der Waals surface area contributed by atoms with E-state index in [2.05, 4.69) is 68.9 Å². The number of aryl methyl sites for hydroxylation is 1. The smallest absolute Gasteiger partial charge is 0.204 e. The van der Waals surface area contributed by atoms with Crippen molar-refractivity contribution in [2.45, 2.75) is 53.9 Å². The van der Waals surface area contributed by atoms with Crippen molar-refractivity contribution in [3.05, 3.63) is 54.0 Å². The molecule has 0 aliphatic heterocycles. The number of hydrogen-bond donors (Lipinski definition) is 3. The molecule has 0 aliphatic rings. The predicted molar refractivity (Wildman–Crippen MR) is 127 cm³/mol. The monoisotopic (exact) mass is 413 g/mol. The number of halogens is 1. The molecule has 0 bridgehead atoms. The molecule has 0 saturated carbocycles. The summed E-state index contributed by atoms with van der Waals surface area (Å²) in [7, 11) is 0. The van der Waals surface area contributed by atoms with Crippen LogP contribution in [0.2, 0.25) is 0 Å². The predicted octanol–water partition coefficient (Wildman–Crippen LogP) is 6.65. The van der Waals surface area contributed by atoms with E-state index in [1.165, 1.54) is 37.0 Å². The minimum Gasteiger partial charge on any atom is -0.385 e. The van der Waals surface area contributed by atoms with E-state index in [0.717, 1.165) is 40.2 Å². The Balaban J connectivity index is 0.000000380. The van der Waals surface area contributed by atoms with Gasteiger partial charge in [-0.15, -0.1) is 0 Å². The second kappa shape index (κ2) is 13.4. The van der Waals surface area contributed by atoms with E-state index < -0.39 is 0 Å². The first-order valence-corrected chi connectivity index (χ1v) is 10.7. The van der Waals surface area contributed by atoms with E-state index in [9.17, 15) is 4.39 Å². The van der Waals surface area contributed by atoms with E-state index >= 15 is 0 Å². The van der Waals surface area contributed by atoms with Crippen LogP contribution in [0.1, 0.15) is 52.5 Å². The maximum Gasteiger partial charge on any atom is 0.204 e. The summed E-state index contributed by atoms with van der Waals surface area (Å²) in [5, 5.41) is 4.40. The Hall–Kier alpha value is -2.82. The summed E-state index contributed by atoms with van der Waals surface area (Å²) in [6.07, 6.45) is 6.27. The topological polar surface area (TPSA) is 70.9 Å². The van der Waals surface area contributed by atoms with E-state index in [1.54, 1.807) is 0 Å². The second-order valence-corrected chi connectivity index (χ2v) is 7.39. The maximum absolute atomic E-state index is 13.2. The lowest BCUT2D eigenvalue weighted by Crippen LogP contribution is -1.98. The van der Waals surface area contributed by atoms with Crippen LogP contribution in [0.5, 0.6) is 0 Å². The van der Waals surface area contributed by atoms with Crippen LogP contribution >= 0.6 is 0 Å². The largest absolute Gasteiger partial charge is 0.385 e. The molecule has 3 rings (SSSR count). The Morgan fingerprint density at radius 3 is 2.43 bits per heavy atom. The number of primary amides is 1. The number of anilines is 1. The van der Waals surface area contributed by atoms with Crippen LogP contribution in [-0.2, 0) is 4.79 Å². The molecule has 164 valence electrons. The lowest BCUT2D eigenvalue weighted by molar-refractivity contribution is -0.106. The third-order valence-electron chi connectivity index (χ3n) is 5.04. The fourth-order valence-corrected chi connectivity index (χ4v) is 3.20. The van der Waals surface area contributed by atoms with Gasteiger partial charge in [-0.2, -0.15) is 0 Å². The fraction of sp³-hybridized carbons (Fsp3) is 0.400. The molecule has 1 heterocycles. The molecule has 30 heavy (non-hydrogen) atoms. The highest BCUT2D eigenvalue weighted by Crippen LogP contribution is 2.31. The van der Waals surface area contributed by atoms with Crippen molar-refractivity contribution in [3.8, 4) is 11.1 Å². The Morgan fingerprint density at radius 2 is 1.87 bits per heavy atom. The van der Waals surface area contributed by atoms with Gasteiger partial charge in [0.05, 0.1) is 0 Å². The fourth-order valence-electron chi connectivity index (χ4n) is 3.20. The summed E-state index contributed by atoms with van der Waals surface area (Å²) in [4.78, 5) is 11.7. The van der Waals surface area contributed by atoms with Crippen molar-refractivity contribution in [2.24, 2.45) is 11.7 Å². The lowest BCUT2D eigenvalue weighted by atomic mass is 10.0. The number of fused-ring (bicyclic) bond motifs is 1. The number of carbonyl (C=O) groups is 1. The molecule has 1 amide bonds. The van der Waals surface area contributed by atoms with Gasteiger partial charge in [0.15, 0.2) is 0 Å². The molecule has 0 radical (unpaired) electrons. The number of aromatic nitrogens is 1. The molecule has 1 unspecified atom stereocenters. The van der Waals surface area contributed by atoms with Gasteiger partial charge in [0.2, 0.25) is 6.41 Å². The SMILES string of the molecule is CCCC(C)CC.CCNc1cc(-c2c[nH]c3cc(F)ccc23)ccc1C.NC=O. The zero-order chi connectivity index (χ0) is 22.5. The first-order valence-electron chi connectivity index (χ1n) is 10.7. The molecule has 1 atom stereocenters. The molecular formula is C25H36FN3O. The molecule has 4 nitrogen and oxygen atoms in total. The maximum atomic E-state index is 13.2. The van der Waals surface area contributed by atoms with Crippen LogP contribution in [0.4, 0.5) is 10.1 Å². The van der Waals surface area contributed by atoms with Crippen LogP contribution in [0, 0.1) is 18.7 Å². The minimum atomic E-state index is -0.219. The molecule has 1 aromatic heterocycles. The van der Waals surface area contributed by atoms with Crippen LogP contribution in [0.25, 0.3) is 22.0 Å². The molecular weight excluding hydrogens is 377 g/mol. The summed E-state index contributed by atoms with van der Waals surface area (Å²) < 4.78 is 13.2. The third kappa shape index (κ3) is 7.54. The zero-order valence-electron chi connectivity index (χ0n) is 18.9. The first kappa shape index (κ1) is 25.2. The van der Waals surface area contributed by atoms with Gasteiger partial charge in [-0.25, -0.2) is 4.39 Å². The van der Waals surface area contributed by atoms with Gasteiger partial charge in [0.1, 0.15) is 5.82 Å². The van der Waals surface area contributed by atoms with E-state index in [4.69, 9.17) is 4.79 Å². The number of amides is 1. The Morgan fingerprint density at radius 1 is 1.17 bits per heavy atom. The number of rotatable bonds is 6. The lowest BCUT2D eigenvalue weighted by Gasteiger charge is -2.09. The summed E-state index contributed by atoms with van der Waals surface area (Å²) in [5.41, 5.74) is 9.58. The van der Waals surface area contributed by atoms with Crippen LogP contribution in [0.15, 0.2) is 42.6 Å². The second-order valence-electron chi connectivity index (χ2n) is 7.39. The zero-order valence-corrected chi connectivity index (χ0v) is 18.9. The molecule has 5 heteroatoms. The van der Waals surface area contributed by atoms with E-state index in [1.807, 2.05) is 12.3 Å². The summed E-state index contributed by atoms with van der Waals surface area (Å²) in [5.74, 6) is 0.730. The van der Waals surface area contributed by atoms with Crippen LogP contribution in [-0.4, -0.2) is 17.9 Å². The molecule has 4 N–H and O–H groups in total. The van der Waals surface area contributed by atoms with Crippen LogP contribution < -0.4 is 11.1 Å². The number of aromatic amines is 1. The summed E-state index contributed by atoms with van der Waals surface area (Å²) >= 11 is 0. The standard InChI is InChI=1S/C17H17FN2.C7H16.CH3NO/c1-3-19-16-8-12(5-4-11(16)2)15-10-20-17-9-13(18)6-7-14(15)17;1-4-6-7(3)5-2;2-1-3/h4-10,19-20H,3H2,1-2H3;7H,4-6H2,1-3H3;1H,(H2,2,3). The van der Waals surface area contributed by atoms with Gasteiger partial charge < -0.3 is 16.0 Å². The van der Waals surface area contributed by atoms with Crippen molar-refractivity contribution in [3.63, 3.8) is 0 Å². The Labute approximate surface area is 180 Å². The van der Waals surface area contributed by atoms with Crippen molar-refractivity contribution < 1.29 is 9.18 Å². The number of nitrogens with one attached hydrogen (secondary N) is 2. The Bertz CT molecular complexity index is 905. The normalized spacial score (nSPS) is 11.0. The van der Waals surface area contributed by atoms with Gasteiger partial charge in [-0.3, -0.25) is 4.79 Å². The van der Waals surface area contributed by atoms with Gasteiger partial charge in [-0.05, 0) is 55.2 Å². The number of benzene rings is 2. The van der Waals surface area contributed by atoms with Crippen molar-refractivity contribution in [2.75, 3.05) is 11.9 Å². The molecule has 0 saturated heterocycles. The number of hydrogen-bond acceptors (Lipinski definition) is 2. The molecule has 3 aromatic rings.